The fraction of sp³-hybridized carbons (Fsp3) is 0.111. The molecule has 114 valence electrons. The van der Waals surface area contributed by atoms with Gasteiger partial charge in [0.25, 0.3) is 5.91 Å². The molecule has 0 spiro atoms. The number of para-hydroxylation sites is 1. The number of hydrogen-bond donors (Lipinski definition) is 1. The predicted molar refractivity (Wildman–Crippen MR) is 90.5 cm³/mol. The summed E-state index contributed by atoms with van der Waals surface area (Å²) in [5, 5.41) is 8.18. The summed E-state index contributed by atoms with van der Waals surface area (Å²) in [5.41, 5.74) is 5.02. The highest BCUT2D eigenvalue weighted by Gasteiger charge is 2.26. The van der Waals surface area contributed by atoms with Crippen molar-refractivity contribution in [3.63, 3.8) is 0 Å². The van der Waals surface area contributed by atoms with Gasteiger partial charge in [-0.05, 0) is 36.8 Å². The van der Waals surface area contributed by atoms with Gasteiger partial charge in [0.05, 0.1) is 22.6 Å². The molecule has 1 amide bonds. The molecule has 1 aliphatic rings. The number of halogens is 1. The number of anilines is 1. The Morgan fingerprint density at radius 3 is 2.83 bits per heavy atom. The van der Waals surface area contributed by atoms with Crippen molar-refractivity contribution in [1.29, 1.82) is 0 Å². The number of amides is 1. The zero-order chi connectivity index (χ0) is 16.0. The van der Waals surface area contributed by atoms with E-state index in [2.05, 4.69) is 10.4 Å². The van der Waals surface area contributed by atoms with Crippen molar-refractivity contribution >= 4 is 23.2 Å². The van der Waals surface area contributed by atoms with Gasteiger partial charge >= 0.3 is 0 Å². The first kappa shape index (κ1) is 14.0. The van der Waals surface area contributed by atoms with E-state index in [1.807, 2.05) is 60.1 Å². The fourth-order valence-electron chi connectivity index (χ4n) is 3.02. The average Bonchev–Trinajstić information content (AvgIpc) is 2.77. The second-order valence-corrected chi connectivity index (χ2v) is 6.02. The van der Waals surface area contributed by atoms with E-state index in [4.69, 9.17) is 11.6 Å². The lowest BCUT2D eigenvalue weighted by Crippen LogP contribution is -2.12. The lowest BCUT2D eigenvalue weighted by molar-refractivity contribution is 0.102. The molecule has 2 heterocycles. The zero-order valence-electron chi connectivity index (χ0n) is 12.5. The van der Waals surface area contributed by atoms with E-state index in [1.54, 1.807) is 0 Å². The van der Waals surface area contributed by atoms with Crippen LogP contribution in [0.4, 0.5) is 5.69 Å². The van der Waals surface area contributed by atoms with Gasteiger partial charge in [0.2, 0.25) is 0 Å². The standard InChI is InChI=1S/C18H14ClN3O/c1-11-17-16(22(21-11)14-7-4-6-13(19)10-14)9-12-5-2-3-8-15(12)20-18(17)23/h2-8,10H,9H2,1H3,(H,20,23). The maximum atomic E-state index is 12.6. The molecule has 2 aromatic carbocycles. The number of rotatable bonds is 1. The van der Waals surface area contributed by atoms with Crippen LogP contribution in [0.2, 0.25) is 5.02 Å². The van der Waals surface area contributed by atoms with Gasteiger partial charge in [-0.25, -0.2) is 4.68 Å². The molecule has 0 saturated carbocycles. The smallest absolute Gasteiger partial charge is 0.259 e. The Morgan fingerprint density at radius 1 is 1.17 bits per heavy atom. The Hall–Kier alpha value is -2.59. The molecule has 0 fully saturated rings. The van der Waals surface area contributed by atoms with E-state index in [1.165, 1.54) is 0 Å². The van der Waals surface area contributed by atoms with Crippen LogP contribution < -0.4 is 5.32 Å². The maximum absolute atomic E-state index is 12.6. The van der Waals surface area contributed by atoms with E-state index >= 15 is 0 Å². The third kappa shape index (κ3) is 2.32. The third-order valence-electron chi connectivity index (χ3n) is 4.06. The molecule has 1 aliphatic heterocycles. The average molecular weight is 324 g/mol. The van der Waals surface area contributed by atoms with E-state index in [-0.39, 0.29) is 5.91 Å². The van der Waals surface area contributed by atoms with Crippen LogP contribution in [0.1, 0.15) is 27.3 Å². The van der Waals surface area contributed by atoms with Crippen molar-refractivity contribution in [2.75, 3.05) is 5.32 Å². The van der Waals surface area contributed by atoms with Crippen LogP contribution in [-0.4, -0.2) is 15.7 Å². The number of nitrogens with one attached hydrogen (secondary N) is 1. The van der Waals surface area contributed by atoms with Gasteiger partial charge in [-0.15, -0.1) is 0 Å². The largest absolute Gasteiger partial charge is 0.322 e. The van der Waals surface area contributed by atoms with Crippen molar-refractivity contribution in [3.05, 3.63) is 76.1 Å². The molecule has 1 aromatic heterocycles. The van der Waals surface area contributed by atoms with Crippen LogP contribution in [0, 0.1) is 6.92 Å². The summed E-state index contributed by atoms with van der Waals surface area (Å²) in [4.78, 5) is 12.6. The van der Waals surface area contributed by atoms with Crippen molar-refractivity contribution < 1.29 is 4.79 Å². The van der Waals surface area contributed by atoms with Gasteiger partial charge < -0.3 is 5.32 Å². The quantitative estimate of drug-likeness (QED) is 0.736. The normalized spacial score (nSPS) is 13.0. The van der Waals surface area contributed by atoms with Crippen LogP contribution in [0.5, 0.6) is 0 Å². The summed E-state index contributed by atoms with van der Waals surface area (Å²) in [7, 11) is 0. The number of benzene rings is 2. The third-order valence-corrected chi connectivity index (χ3v) is 4.29. The summed E-state index contributed by atoms with van der Waals surface area (Å²) in [5.74, 6) is -0.115. The van der Waals surface area contributed by atoms with Gasteiger partial charge in [-0.3, -0.25) is 4.79 Å². The molecule has 0 atom stereocenters. The SMILES string of the molecule is Cc1nn(-c2cccc(Cl)c2)c2c1C(=O)Nc1ccccc1C2. The molecule has 1 N–H and O–H groups in total. The van der Waals surface area contributed by atoms with Gasteiger partial charge in [0.1, 0.15) is 0 Å². The molecule has 0 bridgehead atoms. The lowest BCUT2D eigenvalue weighted by Gasteiger charge is -2.09. The van der Waals surface area contributed by atoms with Crippen LogP contribution in [0.25, 0.3) is 5.69 Å². The highest BCUT2D eigenvalue weighted by Crippen LogP contribution is 2.29. The Kier molecular flexibility index (Phi) is 3.20. The van der Waals surface area contributed by atoms with Crippen molar-refractivity contribution in [2.24, 2.45) is 0 Å². The van der Waals surface area contributed by atoms with E-state index in [0.29, 0.717) is 22.7 Å². The first-order valence-corrected chi connectivity index (χ1v) is 7.75. The number of aromatic nitrogens is 2. The number of carbonyl (C=O) groups is 1. The molecule has 0 unspecified atom stereocenters. The minimum absolute atomic E-state index is 0.115. The van der Waals surface area contributed by atoms with Gasteiger partial charge in [0.15, 0.2) is 0 Å². The van der Waals surface area contributed by atoms with E-state index < -0.39 is 0 Å². The minimum atomic E-state index is -0.115. The molecule has 0 saturated heterocycles. The molecular weight excluding hydrogens is 310 g/mol. The second-order valence-electron chi connectivity index (χ2n) is 5.59. The molecule has 23 heavy (non-hydrogen) atoms. The number of nitrogens with zero attached hydrogens (tertiary/aromatic N) is 2. The summed E-state index contributed by atoms with van der Waals surface area (Å²) in [6.45, 7) is 1.86. The van der Waals surface area contributed by atoms with E-state index in [0.717, 1.165) is 22.6 Å². The van der Waals surface area contributed by atoms with Gasteiger partial charge in [-0.2, -0.15) is 5.10 Å². The molecule has 0 radical (unpaired) electrons. The van der Waals surface area contributed by atoms with Gasteiger partial charge in [0, 0.05) is 17.1 Å². The number of carbonyl (C=O) groups excluding carboxylic acids is 1. The summed E-state index contributed by atoms with van der Waals surface area (Å²) >= 11 is 6.11. The van der Waals surface area contributed by atoms with Crippen LogP contribution in [0.15, 0.2) is 48.5 Å². The Labute approximate surface area is 138 Å². The Morgan fingerprint density at radius 2 is 2.00 bits per heavy atom. The van der Waals surface area contributed by atoms with E-state index in [9.17, 15) is 4.79 Å². The monoisotopic (exact) mass is 323 g/mol. The highest BCUT2D eigenvalue weighted by molar-refractivity contribution is 6.30. The fourth-order valence-corrected chi connectivity index (χ4v) is 3.20. The number of aryl methyl sites for hydroxylation is 1. The van der Waals surface area contributed by atoms with Crippen LogP contribution in [0.3, 0.4) is 0 Å². The highest BCUT2D eigenvalue weighted by atomic mass is 35.5. The van der Waals surface area contributed by atoms with Crippen molar-refractivity contribution in [1.82, 2.24) is 9.78 Å². The molecule has 4 nitrogen and oxygen atoms in total. The van der Waals surface area contributed by atoms with Crippen LogP contribution in [-0.2, 0) is 6.42 Å². The van der Waals surface area contributed by atoms with Gasteiger partial charge in [-0.1, -0.05) is 35.9 Å². The topological polar surface area (TPSA) is 46.9 Å². The molecule has 4 rings (SSSR count). The second kappa shape index (κ2) is 5.25. The first-order valence-electron chi connectivity index (χ1n) is 7.37. The maximum Gasteiger partial charge on any atom is 0.259 e. The summed E-state index contributed by atoms with van der Waals surface area (Å²) in [6, 6.07) is 15.3. The predicted octanol–water partition coefficient (Wildman–Crippen LogP) is 3.99. The molecule has 5 heteroatoms. The molecular formula is C18H14ClN3O. The molecule has 3 aromatic rings. The van der Waals surface area contributed by atoms with Crippen LogP contribution >= 0.6 is 11.6 Å². The minimum Gasteiger partial charge on any atom is -0.322 e. The zero-order valence-corrected chi connectivity index (χ0v) is 13.3. The Bertz CT molecular complexity index is 930. The lowest BCUT2D eigenvalue weighted by atomic mass is 10.1. The summed E-state index contributed by atoms with van der Waals surface area (Å²) < 4.78 is 1.82. The Balaban J connectivity index is 1.94. The summed E-state index contributed by atoms with van der Waals surface area (Å²) in [6.07, 6.45) is 0.637. The van der Waals surface area contributed by atoms with Crippen molar-refractivity contribution in [2.45, 2.75) is 13.3 Å². The number of fused-ring (bicyclic) bond motifs is 2. The first-order chi connectivity index (χ1) is 11.1. The van der Waals surface area contributed by atoms with Crippen molar-refractivity contribution in [3.8, 4) is 5.69 Å². The molecule has 0 aliphatic carbocycles. The number of hydrogen-bond acceptors (Lipinski definition) is 2.